The number of hydrogen-bond donors (Lipinski definition) is 1. The molecule has 0 bridgehead atoms. The second-order valence-corrected chi connectivity index (χ2v) is 5.09. The summed E-state index contributed by atoms with van der Waals surface area (Å²) in [5.41, 5.74) is 1.24. The summed E-state index contributed by atoms with van der Waals surface area (Å²) in [4.78, 5) is 0. The lowest BCUT2D eigenvalue weighted by Gasteiger charge is -2.24. The Morgan fingerprint density at radius 2 is 2.21 bits per heavy atom. The van der Waals surface area contributed by atoms with Crippen molar-refractivity contribution in [2.24, 2.45) is 0 Å². The second kappa shape index (κ2) is 7.51. The highest BCUT2D eigenvalue weighted by atomic mass is 16.5. The average molecular weight is 263 g/mol. The van der Waals surface area contributed by atoms with Crippen LogP contribution in [0.4, 0.5) is 0 Å². The Morgan fingerprint density at radius 3 is 2.89 bits per heavy atom. The molecule has 0 saturated carbocycles. The molecule has 2 unspecified atom stereocenters. The number of ether oxygens (including phenoxy) is 2. The minimum atomic E-state index is 0.261. The summed E-state index contributed by atoms with van der Waals surface area (Å²) >= 11 is 0. The Labute approximate surface area is 116 Å². The van der Waals surface area contributed by atoms with E-state index in [2.05, 4.69) is 30.4 Å². The zero-order chi connectivity index (χ0) is 13.5. The predicted octanol–water partition coefficient (Wildman–Crippen LogP) is 3.31. The number of nitrogens with one attached hydrogen (secondary N) is 1. The molecule has 2 rings (SSSR count). The lowest BCUT2D eigenvalue weighted by molar-refractivity contribution is -0.0113. The third kappa shape index (κ3) is 3.95. The monoisotopic (exact) mass is 263 g/mol. The van der Waals surface area contributed by atoms with Crippen LogP contribution in [-0.4, -0.2) is 26.4 Å². The molecule has 1 N–H and O–H groups in total. The van der Waals surface area contributed by atoms with Gasteiger partial charge < -0.3 is 14.8 Å². The largest absolute Gasteiger partial charge is 0.491 e. The van der Waals surface area contributed by atoms with Crippen LogP contribution in [0.1, 0.15) is 44.2 Å². The highest BCUT2D eigenvalue weighted by Gasteiger charge is 2.17. The van der Waals surface area contributed by atoms with Gasteiger partial charge in [-0.15, -0.1) is 0 Å². The van der Waals surface area contributed by atoms with Crippen molar-refractivity contribution < 1.29 is 9.47 Å². The first-order chi connectivity index (χ1) is 9.35. The van der Waals surface area contributed by atoms with E-state index in [0.29, 0.717) is 12.6 Å². The second-order valence-electron chi connectivity index (χ2n) is 5.09. The normalized spacial score (nSPS) is 21.1. The fourth-order valence-electron chi connectivity index (χ4n) is 2.60. The highest BCUT2D eigenvalue weighted by molar-refractivity contribution is 5.35. The molecule has 0 aliphatic carbocycles. The molecule has 3 heteroatoms. The standard InChI is InChI=1S/C16H25NO2/c1-3-15(17-2)14-9-4-5-10-16(14)19-12-13-8-6-7-11-18-13/h4-5,9-10,13,15,17H,3,6-8,11-12H2,1-2H3. The molecule has 1 aliphatic heterocycles. The van der Waals surface area contributed by atoms with E-state index in [1.165, 1.54) is 18.4 Å². The molecule has 1 heterocycles. The van der Waals surface area contributed by atoms with E-state index >= 15 is 0 Å². The summed E-state index contributed by atoms with van der Waals surface area (Å²) in [5.74, 6) is 0.984. The molecule has 1 aliphatic rings. The Bertz CT molecular complexity index is 371. The molecule has 1 saturated heterocycles. The Hall–Kier alpha value is -1.06. The first kappa shape index (κ1) is 14.4. The molecule has 3 nitrogen and oxygen atoms in total. The van der Waals surface area contributed by atoms with Gasteiger partial charge in [0.15, 0.2) is 0 Å². The van der Waals surface area contributed by atoms with Crippen molar-refractivity contribution in [1.82, 2.24) is 5.32 Å². The maximum absolute atomic E-state index is 6.00. The molecule has 0 radical (unpaired) electrons. The Balaban J connectivity index is 1.98. The predicted molar refractivity (Wildman–Crippen MR) is 77.6 cm³/mol. The smallest absolute Gasteiger partial charge is 0.124 e. The van der Waals surface area contributed by atoms with Crippen LogP contribution in [0.25, 0.3) is 0 Å². The van der Waals surface area contributed by atoms with Crippen molar-refractivity contribution in [3.05, 3.63) is 29.8 Å². The molecule has 1 aromatic carbocycles. The summed E-state index contributed by atoms with van der Waals surface area (Å²) in [7, 11) is 2.00. The molecule has 1 aromatic rings. The molecule has 1 fully saturated rings. The van der Waals surface area contributed by atoms with Gasteiger partial charge in [-0.1, -0.05) is 25.1 Å². The van der Waals surface area contributed by atoms with Crippen molar-refractivity contribution in [3.8, 4) is 5.75 Å². The molecule has 106 valence electrons. The summed E-state index contributed by atoms with van der Waals surface area (Å²) in [5, 5.41) is 3.34. The maximum atomic E-state index is 6.00. The van der Waals surface area contributed by atoms with Gasteiger partial charge in [-0.05, 0) is 38.8 Å². The Morgan fingerprint density at radius 1 is 1.37 bits per heavy atom. The van der Waals surface area contributed by atoms with Crippen LogP contribution in [0.2, 0.25) is 0 Å². The quantitative estimate of drug-likeness (QED) is 0.854. The fraction of sp³-hybridized carbons (Fsp3) is 0.625. The zero-order valence-electron chi connectivity index (χ0n) is 12.0. The van der Waals surface area contributed by atoms with Gasteiger partial charge in [0.1, 0.15) is 12.4 Å². The molecule has 0 spiro atoms. The topological polar surface area (TPSA) is 30.5 Å². The summed E-state index contributed by atoms with van der Waals surface area (Å²) < 4.78 is 11.7. The Kier molecular flexibility index (Phi) is 5.67. The third-order valence-corrected chi connectivity index (χ3v) is 3.75. The van der Waals surface area contributed by atoms with Crippen molar-refractivity contribution in [2.75, 3.05) is 20.3 Å². The lowest BCUT2D eigenvalue weighted by atomic mass is 10.0. The van der Waals surface area contributed by atoms with Crippen LogP contribution >= 0.6 is 0 Å². The van der Waals surface area contributed by atoms with E-state index in [0.717, 1.165) is 25.2 Å². The van der Waals surface area contributed by atoms with Crippen LogP contribution in [0.5, 0.6) is 5.75 Å². The lowest BCUT2D eigenvalue weighted by Crippen LogP contribution is -2.26. The van der Waals surface area contributed by atoms with Gasteiger partial charge in [0.05, 0.1) is 6.10 Å². The number of rotatable bonds is 6. The number of hydrogen-bond acceptors (Lipinski definition) is 3. The summed E-state index contributed by atoms with van der Waals surface area (Å²) in [6.45, 7) is 3.73. The minimum Gasteiger partial charge on any atom is -0.491 e. The SMILES string of the molecule is CCC(NC)c1ccccc1OCC1CCCCO1. The van der Waals surface area contributed by atoms with Gasteiger partial charge in [0.25, 0.3) is 0 Å². The zero-order valence-corrected chi connectivity index (χ0v) is 12.0. The van der Waals surface area contributed by atoms with E-state index < -0.39 is 0 Å². The molecule has 2 atom stereocenters. The van der Waals surface area contributed by atoms with Crippen molar-refractivity contribution in [3.63, 3.8) is 0 Å². The van der Waals surface area contributed by atoms with Crippen molar-refractivity contribution in [1.29, 1.82) is 0 Å². The van der Waals surface area contributed by atoms with Gasteiger partial charge >= 0.3 is 0 Å². The van der Waals surface area contributed by atoms with Crippen LogP contribution in [-0.2, 0) is 4.74 Å². The molecule has 0 amide bonds. The fourth-order valence-corrected chi connectivity index (χ4v) is 2.60. The van der Waals surface area contributed by atoms with Crippen LogP contribution < -0.4 is 10.1 Å². The van der Waals surface area contributed by atoms with Gasteiger partial charge in [0, 0.05) is 18.2 Å². The van der Waals surface area contributed by atoms with Gasteiger partial charge in [-0.25, -0.2) is 0 Å². The molecule has 0 aromatic heterocycles. The van der Waals surface area contributed by atoms with Crippen molar-refractivity contribution >= 4 is 0 Å². The maximum Gasteiger partial charge on any atom is 0.124 e. The first-order valence-corrected chi connectivity index (χ1v) is 7.35. The summed E-state index contributed by atoms with van der Waals surface area (Å²) in [6, 6.07) is 8.64. The molecular formula is C16H25NO2. The average Bonchev–Trinajstić information content (AvgIpc) is 2.48. The van der Waals surface area contributed by atoms with Gasteiger partial charge in [-0.3, -0.25) is 0 Å². The van der Waals surface area contributed by atoms with Gasteiger partial charge in [-0.2, -0.15) is 0 Å². The van der Waals surface area contributed by atoms with E-state index in [1.807, 2.05) is 13.1 Å². The van der Waals surface area contributed by atoms with Crippen molar-refractivity contribution in [2.45, 2.75) is 44.8 Å². The summed E-state index contributed by atoms with van der Waals surface area (Å²) in [6.07, 6.45) is 4.87. The minimum absolute atomic E-state index is 0.261. The first-order valence-electron chi connectivity index (χ1n) is 7.35. The molecule has 19 heavy (non-hydrogen) atoms. The van der Waals surface area contributed by atoms with E-state index in [-0.39, 0.29) is 6.10 Å². The number of benzene rings is 1. The third-order valence-electron chi connectivity index (χ3n) is 3.75. The highest BCUT2D eigenvalue weighted by Crippen LogP contribution is 2.27. The van der Waals surface area contributed by atoms with E-state index in [9.17, 15) is 0 Å². The van der Waals surface area contributed by atoms with E-state index in [1.54, 1.807) is 0 Å². The van der Waals surface area contributed by atoms with Crippen LogP contribution in [0.3, 0.4) is 0 Å². The van der Waals surface area contributed by atoms with Crippen LogP contribution in [0.15, 0.2) is 24.3 Å². The molecular weight excluding hydrogens is 238 g/mol. The van der Waals surface area contributed by atoms with Gasteiger partial charge in [0.2, 0.25) is 0 Å². The van der Waals surface area contributed by atoms with Crippen LogP contribution in [0, 0.1) is 0 Å². The van der Waals surface area contributed by atoms with E-state index in [4.69, 9.17) is 9.47 Å². The number of para-hydroxylation sites is 1.